The van der Waals surface area contributed by atoms with E-state index in [2.05, 4.69) is 29.4 Å². The van der Waals surface area contributed by atoms with E-state index in [4.69, 9.17) is 27.9 Å². The number of nitrogens with one attached hydrogen (secondary N) is 1. The maximum absolute atomic E-state index is 5.93. The van der Waals surface area contributed by atoms with Crippen LogP contribution >= 0.6 is 23.2 Å². The van der Waals surface area contributed by atoms with Crippen LogP contribution in [0.5, 0.6) is 11.6 Å². The van der Waals surface area contributed by atoms with Crippen molar-refractivity contribution in [1.29, 1.82) is 0 Å². The summed E-state index contributed by atoms with van der Waals surface area (Å²) in [5.74, 6) is 1.60. The Morgan fingerprint density at radius 1 is 1.10 bits per heavy atom. The van der Waals surface area contributed by atoms with Crippen LogP contribution in [0.3, 0.4) is 0 Å². The minimum atomic E-state index is 0.418. The van der Waals surface area contributed by atoms with E-state index in [1.54, 1.807) is 24.3 Å². The fourth-order valence-electron chi connectivity index (χ4n) is 1.65. The van der Waals surface area contributed by atoms with Gasteiger partial charge in [-0.05, 0) is 30.7 Å². The van der Waals surface area contributed by atoms with Gasteiger partial charge in [0, 0.05) is 18.7 Å². The Balaban J connectivity index is 1.94. The lowest BCUT2D eigenvalue weighted by atomic mass is 10.2. The van der Waals surface area contributed by atoms with Crippen LogP contribution in [0.15, 0.2) is 30.3 Å². The third-order valence-corrected chi connectivity index (χ3v) is 3.41. The second-order valence-corrected chi connectivity index (χ2v) is 5.88. The molecule has 0 saturated carbocycles. The van der Waals surface area contributed by atoms with Crippen molar-refractivity contribution in [1.82, 2.24) is 15.5 Å². The van der Waals surface area contributed by atoms with Crippen molar-refractivity contribution in [2.24, 2.45) is 5.92 Å². The Morgan fingerprint density at radius 3 is 2.52 bits per heavy atom. The quantitative estimate of drug-likeness (QED) is 0.859. The highest BCUT2D eigenvalue weighted by atomic mass is 35.5. The van der Waals surface area contributed by atoms with Gasteiger partial charge in [-0.1, -0.05) is 37.0 Å². The zero-order valence-corrected chi connectivity index (χ0v) is 13.4. The molecular formula is C15H17Cl2N3O. The Morgan fingerprint density at radius 2 is 1.90 bits per heavy atom. The average Bonchev–Trinajstić information content (AvgIpc) is 2.44. The minimum Gasteiger partial charge on any atom is -0.437 e. The van der Waals surface area contributed by atoms with Crippen LogP contribution in [-0.4, -0.2) is 16.7 Å². The monoisotopic (exact) mass is 325 g/mol. The predicted molar refractivity (Wildman–Crippen MR) is 85.1 cm³/mol. The van der Waals surface area contributed by atoms with Gasteiger partial charge in [-0.25, -0.2) is 0 Å². The van der Waals surface area contributed by atoms with Crippen molar-refractivity contribution in [3.63, 3.8) is 0 Å². The molecule has 2 rings (SSSR count). The Kier molecular flexibility index (Phi) is 5.79. The molecule has 0 aliphatic rings. The molecule has 0 unspecified atom stereocenters. The Hall–Kier alpha value is -1.36. The van der Waals surface area contributed by atoms with Gasteiger partial charge in [0.15, 0.2) is 0 Å². The molecule has 0 radical (unpaired) electrons. The molecule has 0 aliphatic carbocycles. The highest BCUT2D eigenvalue weighted by molar-refractivity contribution is 6.42. The standard InChI is InChI=1S/C15H17Cl2N3O/c1-10(2)8-18-9-11-3-6-15(20-19-11)21-12-4-5-13(16)14(17)7-12/h3-7,10,18H,8-9H2,1-2H3. The summed E-state index contributed by atoms with van der Waals surface area (Å²) in [6.45, 7) is 5.96. The molecule has 1 N–H and O–H groups in total. The molecule has 0 spiro atoms. The smallest absolute Gasteiger partial charge is 0.238 e. The van der Waals surface area contributed by atoms with E-state index in [0.717, 1.165) is 12.2 Å². The summed E-state index contributed by atoms with van der Waals surface area (Å²) in [6.07, 6.45) is 0. The molecule has 0 fully saturated rings. The summed E-state index contributed by atoms with van der Waals surface area (Å²) in [4.78, 5) is 0. The number of rotatable bonds is 6. The maximum Gasteiger partial charge on any atom is 0.238 e. The van der Waals surface area contributed by atoms with Crippen molar-refractivity contribution in [2.45, 2.75) is 20.4 Å². The van der Waals surface area contributed by atoms with E-state index in [1.165, 1.54) is 0 Å². The van der Waals surface area contributed by atoms with Gasteiger partial charge in [0.05, 0.1) is 15.7 Å². The first-order valence-corrected chi connectivity index (χ1v) is 7.46. The highest BCUT2D eigenvalue weighted by Crippen LogP contribution is 2.28. The molecule has 0 saturated heterocycles. The van der Waals surface area contributed by atoms with E-state index in [9.17, 15) is 0 Å². The molecule has 1 aromatic heterocycles. The third kappa shape index (κ3) is 5.16. The SMILES string of the molecule is CC(C)CNCc1ccc(Oc2ccc(Cl)c(Cl)c2)nn1. The zero-order valence-electron chi connectivity index (χ0n) is 11.9. The summed E-state index contributed by atoms with van der Waals surface area (Å²) in [5.41, 5.74) is 0.872. The van der Waals surface area contributed by atoms with Crippen molar-refractivity contribution in [3.8, 4) is 11.6 Å². The Bertz CT molecular complexity index is 588. The normalized spacial score (nSPS) is 10.9. The molecule has 0 atom stereocenters. The van der Waals surface area contributed by atoms with E-state index < -0.39 is 0 Å². The number of benzene rings is 1. The zero-order chi connectivity index (χ0) is 15.2. The molecule has 21 heavy (non-hydrogen) atoms. The molecule has 4 nitrogen and oxygen atoms in total. The van der Waals surface area contributed by atoms with Crippen molar-refractivity contribution < 1.29 is 4.74 Å². The highest BCUT2D eigenvalue weighted by Gasteiger charge is 2.04. The summed E-state index contributed by atoms with van der Waals surface area (Å²) >= 11 is 11.8. The summed E-state index contributed by atoms with van der Waals surface area (Å²) in [6, 6.07) is 8.71. The molecule has 0 bridgehead atoms. The van der Waals surface area contributed by atoms with Crippen LogP contribution in [0, 0.1) is 5.92 Å². The molecule has 1 aromatic carbocycles. The minimum absolute atomic E-state index is 0.418. The second-order valence-electron chi connectivity index (χ2n) is 5.07. The first kappa shape index (κ1) is 16.0. The molecule has 0 aliphatic heterocycles. The lowest BCUT2D eigenvalue weighted by Gasteiger charge is -2.08. The maximum atomic E-state index is 5.93. The van der Waals surface area contributed by atoms with Gasteiger partial charge in [0.25, 0.3) is 0 Å². The van der Waals surface area contributed by atoms with Crippen LogP contribution in [0.2, 0.25) is 10.0 Å². The topological polar surface area (TPSA) is 47.0 Å². The van der Waals surface area contributed by atoms with Gasteiger partial charge in [-0.15, -0.1) is 5.10 Å². The van der Waals surface area contributed by atoms with Crippen molar-refractivity contribution in [2.75, 3.05) is 6.54 Å². The largest absolute Gasteiger partial charge is 0.437 e. The first-order valence-electron chi connectivity index (χ1n) is 6.71. The fraction of sp³-hybridized carbons (Fsp3) is 0.333. The molecule has 1 heterocycles. The van der Waals surface area contributed by atoms with Crippen LogP contribution in [0.1, 0.15) is 19.5 Å². The number of halogens is 2. The average molecular weight is 326 g/mol. The van der Waals surface area contributed by atoms with Gasteiger partial charge in [0.1, 0.15) is 5.75 Å². The number of hydrogen-bond acceptors (Lipinski definition) is 4. The first-order chi connectivity index (χ1) is 10.0. The predicted octanol–water partition coefficient (Wildman–Crippen LogP) is 4.32. The third-order valence-electron chi connectivity index (χ3n) is 2.67. The van der Waals surface area contributed by atoms with E-state index in [0.29, 0.717) is 34.1 Å². The van der Waals surface area contributed by atoms with Gasteiger partial charge in [0.2, 0.25) is 5.88 Å². The van der Waals surface area contributed by atoms with E-state index in [-0.39, 0.29) is 0 Å². The Labute approximate surface area is 134 Å². The molecule has 0 amide bonds. The van der Waals surface area contributed by atoms with Gasteiger partial charge in [-0.2, -0.15) is 5.10 Å². The number of ether oxygens (including phenoxy) is 1. The number of nitrogens with zero attached hydrogens (tertiary/aromatic N) is 2. The van der Waals surface area contributed by atoms with Crippen molar-refractivity contribution in [3.05, 3.63) is 46.1 Å². The van der Waals surface area contributed by atoms with Crippen LogP contribution < -0.4 is 10.1 Å². The van der Waals surface area contributed by atoms with Crippen LogP contribution in [-0.2, 0) is 6.54 Å². The number of aromatic nitrogens is 2. The summed E-state index contributed by atoms with van der Waals surface area (Å²) in [7, 11) is 0. The summed E-state index contributed by atoms with van der Waals surface area (Å²) < 4.78 is 5.57. The van der Waals surface area contributed by atoms with Crippen molar-refractivity contribution >= 4 is 23.2 Å². The fourth-order valence-corrected chi connectivity index (χ4v) is 1.93. The summed E-state index contributed by atoms with van der Waals surface area (Å²) in [5, 5.41) is 12.4. The van der Waals surface area contributed by atoms with Gasteiger partial charge in [-0.3, -0.25) is 0 Å². The van der Waals surface area contributed by atoms with Crippen LogP contribution in [0.25, 0.3) is 0 Å². The second kappa shape index (κ2) is 7.59. The van der Waals surface area contributed by atoms with Crippen LogP contribution in [0.4, 0.5) is 0 Å². The lowest BCUT2D eigenvalue weighted by molar-refractivity contribution is 0.452. The van der Waals surface area contributed by atoms with E-state index in [1.807, 2.05) is 6.07 Å². The molecule has 112 valence electrons. The van der Waals surface area contributed by atoms with E-state index >= 15 is 0 Å². The number of hydrogen-bond donors (Lipinski definition) is 1. The lowest BCUT2D eigenvalue weighted by Crippen LogP contribution is -2.19. The van der Waals surface area contributed by atoms with Gasteiger partial charge >= 0.3 is 0 Å². The van der Waals surface area contributed by atoms with Gasteiger partial charge < -0.3 is 10.1 Å². The molecule has 6 heteroatoms. The molecular weight excluding hydrogens is 309 g/mol. The molecule has 2 aromatic rings.